The van der Waals surface area contributed by atoms with E-state index in [4.69, 9.17) is 41.0 Å². The van der Waals surface area contributed by atoms with E-state index in [0.29, 0.717) is 39.1 Å². The Labute approximate surface area is 219 Å². The van der Waals surface area contributed by atoms with Gasteiger partial charge in [0.05, 0.1) is 27.2 Å². The average molecular weight is 519 g/mol. The van der Waals surface area contributed by atoms with Gasteiger partial charge in [-0.2, -0.15) is 5.26 Å². The third kappa shape index (κ3) is 5.32. The Morgan fingerprint density at radius 1 is 1.03 bits per heavy atom. The summed E-state index contributed by atoms with van der Waals surface area (Å²) in [6.45, 7) is 0. The predicted molar refractivity (Wildman–Crippen MR) is 138 cm³/mol. The van der Waals surface area contributed by atoms with E-state index in [-0.39, 0.29) is 17.2 Å². The van der Waals surface area contributed by atoms with Gasteiger partial charge in [0.2, 0.25) is 11.6 Å². The number of methoxy groups -OCH3 is 3. The highest BCUT2D eigenvalue weighted by atomic mass is 35.5. The van der Waals surface area contributed by atoms with Gasteiger partial charge in [-0.05, 0) is 47.5 Å². The molecule has 1 aliphatic rings. The lowest BCUT2D eigenvalue weighted by Gasteiger charge is -2.27. The molecule has 0 amide bonds. The Morgan fingerprint density at radius 2 is 1.70 bits per heavy atom. The molecule has 1 aliphatic heterocycles. The number of rotatable bonds is 7. The summed E-state index contributed by atoms with van der Waals surface area (Å²) >= 11 is 5.89. The van der Waals surface area contributed by atoms with Crippen LogP contribution in [0.3, 0.4) is 0 Å². The number of hydrogen-bond acceptors (Lipinski definition) is 8. The molecule has 0 aromatic heterocycles. The number of carbonyl (C=O) groups excluding carboxylic acids is 1. The number of halogens is 1. The Hall–Kier alpha value is -4.61. The summed E-state index contributed by atoms with van der Waals surface area (Å²) in [5.41, 5.74) is 8.46. The van der Waals surface area contributed by atoms with Crippen LogP contribution in [-0.4, -0.2) is 27.3 Å². The van der Waals surface area contributed by atoms with Crippen molar-refractivity contribution in [1.82, 2.24) is 0 Å². The summed E-state index contributed by atoms with van der Waals surface area (Å²) < 4.78 is 27.6. The van der Waals surface area contributed by atoms with Gasteiger partial charge >= 0.3 is 5.97 Å². The molecule has 0 aliphatic carbocycles. The number of hydrogen-bond donors (Lipinski definition) is 1. The van der Waals surface area contributed by atoms with Crippen molar-refractivity contribution in [2.75, 3.05) is 21.3 Å². The second-order valence-electron chi connectivity index (χ2n) is 7.89. The van der Waals surface area contributed by atoms with Crippen LogP contribution in [0.15, 0.2) is 72.1 Å². The molecular weight excluding hydrogens is 496 g/mol. The number of fused-ring (bicyclic) bond motifs is 1. The van der Waals surface area contributed by atoms with Crippen LogP contribution in [0.2, 0.25) is 5.02 Å². The predicted octanol–water partition coefficient (Wildman–Crippen LogP) is 5.20. The normalized spacial score (nSPS) is 14.4. The molecule has 9 heteroatoms. The molecule has 2 N–H and O–H groups in total. The molecule has 1 atom stereocenters. The Kier molecular flexibility index (Phi) is 7.56. The summed E-state index contributed by atoms with van der Waals surface area (Å²) in [5, 5.41) is 10.5. The number of benzene rings is 3. The molecule has 0 radical (unpaired) electrons. The van der Waals surface area contributed by atoms with Crippen LogP contribution < -0.4 is 29.4 Å². The Morgan fingerprint density at radius 3 is 2.30 bits per heavy atom. The van der Waals surface area contributed by atoms with E-state index in [9.17, 15) is 10.1 Å². The monoisotopic (exact) mass is 518 g/mol. The summed E-state index contributed by atoms with van der Waals surface area (Å²) in [4.78, 5) is 12.4. The minimum Gasteiger partial charge on any atom is -0.493 e. The fourth-order valence-corrected chi connectivity index (χ4v) is 4.12. The lowest BCUT2D eigenvalue weighted by molar-refractivity contribution is -0.128. The van der Waals surface area contributed by atoms with Crippen LogP contribution in [0.1, 0.15) is 22.6 Å². The van der Waals surface area contributed by atoms with Gasteiger partial charge in [0, 0.05) is 22.7 Å². The van der Waals surface area contributed by atoms with Crippen molar-refractivity contribution in [3.8, 4) is 34.8 Å². The zero-order valence-electron chi connectivity index (χ0n) is 20.3. The standard InChI is InChI=1S/C28H23ClN2O6/c1-33-23-12-17(13-24(34-2)27(23)35-3)26-20-10-9-19(14-22(20)37-28(31)21(26)15-30)36-25(32)11-6-16-4-7-18(29)8-5-16/h4-14,26H,31H2,1-3H3/b11-6+. The zero-order valence-corrected chi connectivity index (χ0v) is 21.0. The van der Waals surface area contributed by atoms with Gasteiger partial charge in [-0.15, -0.1) is 0 Å². The third-order valence-electron chi connectivity index (χ3n) is 5.71. The summed E-state index contributed by atoms with van der Waals surface area (Å²) in [6, 6.07) is 17.6. The summed E-state index contributed by atoms with van der Waals surface area (Å²) in [5.74, 6) is 0.663. The van der Waals surface area contributed by atoms with Gasteiger partial charge in [0.1, 0.15) is 23.1 Å². The first-order chi connectivity index (χ1) is 17.9. The largest absolute Gasteiger partial charge is 0.493 e. The lowest BCUT2D eigenvalue weighted by atomic mass is 9.83. The second kappa shape index (κ2) is 11.0. The minimum absolute atomic E-state index is 0.0557. The van der Waals surface area contributed by atoms with Crippen LogP contribution in [0.25, 0.3) is 6.08 Å². The number of nitrogens with zero attached hydrogens (tertiary/aromatic N) is 1. The minimum atomic E-state index is -0.586. The van der Waals surface area contributed by atoms with Crippen molar-refractivity contribution in [2.24, 2.45) is 5.73 Å². The van der Waals surface area contributed by atoms with E-state index in [1.807, 2.05) is 0 Å². The Bertz CT molecular complexity index is 1420. The molecule has 1 unspecified atom stereocenters. The van der Waals surface area contributed by atoms with Gasteiger partial charge in [-0.25, -0.2) is 4.79 Å². The SMILES string of the molecule is COc1cc(C2C(C#N)=C(N)Oc3cc(OC(=O)/C=C/c4ccc(Cl)cc4)ccc32)cc(OC)c1OC. The van der Waals surface area contributed by atoms with E-state index in [0.717, 1.165) is 5.56 Å². The first-order valence-corrected chi connectivity index (χ1v) is 11.4. The van der Waals surface area contributed by atoms with E-state index in [2.05, 4.69) is 6.07 Å². The number of esters is 1. The Balaban J connectivity index is 1.67. The van der Waals surface area contributed by atoms with Crippen LogP contribution in [0.4, 0.5) is 0 Å². The number of allylic oxidation sites excluding steroid dienone is 1. The zero-order chi connectivity index (χ0) is 26.5. The molecular formula is C28H23ClN2O6. The molecule has 8 nitrogen and oxygen atoms in total. The highest BCUT2D eigenvalue weighted by Crippen LogP contribution is 2.47. The number of nitriles is 1. The van der Waals surface area contributed by atoms with Gasteiger partial charge in [-0.3, -0.25) is 0 Å². The molecule has 0 fully saturated rings. The van der Waals surface area contributed by atoms with Crippen molar-refractivity contribution in [2.45, 2.75) is 5.92 Å². The molecule has 0 saturated carbocycles. The first-order valence-electron chi connectivity index (χ1n) is 11.0. The molecule has 3 aromatic rings. The fourth-order valence-electron chi connectivity index (χ4n) is 4.00. The van der Waals surface area contributed by atoms with Crippen LogP contribution in [0, 0.1) is 11.3 Å². The van der Waals surface area contributed by atoms with E-state index >= 15 is 0 Å². The van der Waals surface area contributed by atoms with Gasteiger partial charge in [-0.1, -0.05) is 29.8 Å². The fraction of sp³-hybridized carbons (Fsp3) is 0.143. The third-order valence-corrected chi connectivity index (χ3v) is 5.96. The quantitative estimate of drug-likeness (QED) is 0.258. The smallest absolute Gasteiger partial charge is 0.336 e. The van der Waals surface area contributed by atoms with Crippen molar-refractivity contribution >= 4 is 23.6 Å². The van der Waals surface area contributed by atoms with E-state index in [1.54, 1.807) is 60.7 Å². The molecule has 0 saturated heterocycles. The van der Waals surface area contributed by atoms with Gasteiger partial charge in [0.25, 0.3) is 0 Å². The van der Waals surface area contributed by atoms with Crippen molar-refractivity contribution in [3.63, 3.8) is 0 Å². The topological polar surface area (TPSA) is 113 Å². The van der Waals surface area contributed by atoms with Crippen LogP contribution in [0.5, 0.6) is 28.7 Å². The maximum absolute atomic E-state index is 12.4. The maximum Gasteiger partial charge on any atom is 0.336 e. The number of ether oxygens (including phenoxy) is 5. The lowest BCUT2D eigenvalue weighted by Crippen LogP contribution is -2.21. The number of carbonyl (C=O) groups is 1. The number of nitrogens with two attached hydrogens (primary N) is 1. The molecule has 1 heterocycles. The van der Waals surface area contributed by atoms with Crippen molar-refractivity contribution in [3.05, 3.63) is 93.8 Å². The molecule has 3 aromatic carbocycles. The molecule has 4 rings (SSSR count). The highest BCUT2D eigenvalue weighted by molar-refractivity contribution is 6.30. The van der Waals surface area contributed by atoms with Gasteiger partial charge < -0.3 is 29.4 Å². The summed E-state index contributed by atoms with van der Waals surface area (Å²) in [6.07, 6.45) is 2.93. The van der Waals surface area contributed by atoms with Crippen molar-refractivity contribution in [1.29, 1.82) is 5.26 Å². The molecule has 0 bridgehead atoms. The highest BCUT2D eigenvalue weighted by Gasteiger charge is 2.32. The molecule has 0 spiro atoms. The van der Waals surface area contributed by atoms with E-state index in [1.165, 1.54) is 27.4 Å². The first kappa shape index (κ1) is 25.5. The van der Waals surface area contributed by atoms with Crippen LogP contribution >= 0.6 is 11.6 Å². The summed E-state index contributed by atoms with van der Waals surface area (Å²) in [7, 11) is 4.53. The van der Waals surface area contributed by atoms with E-state index < -0.39 is 11.9 Å². The van der Waals surface area contributed by atoms with Crippen molar-refractivity contribution < 1.29 is 28.5 Å². The maximum atomic E-state index is 12.4. The molecule has 37 heavy (non-hydrogen) atoms. The van der Waals surface area contributed by atoms with Crippen LogP contribution in [-0.2, 0) is 4.79 Å². The average Bonchev–Trinajstić information content (AvgIpc) is 2.91. The second-order valence-corrected chi connectivity index (χ2v) is 8.33. The molecule has 188 valence electrons. The van der Waals surface area contributed by atoms with Gasteiger partial charge in [0.15, 0.2) is 11.5 Å².